The maximum absolute atomic E-state index is 10.9. The zero-order valence-electron chi connectivity index (χ0n) is 7.25. The van der Waals surface area contributed by atoms with Crippen LogP contribution in [0, 0.1) is 5.41 Å². The lowest BCUT2D eigenvalue weighted by atomic mass is 9.82. The highest BCUT2D eigenvalue weighted by Gasteiger charge is 2.40. The Balaban J connectivity index is 2.53. The van der Waals surface area contributed by atoms with Crippen molar-refractivity contribution in [1.29, 1.82) is 0 Å². The SMILES string of the molecule is O=C(O)C1(CCCO)CCCC1. The van der Waals surface area contributed by atoms with Gasteiger partial charge in [-0.15, -0.1) is 0 Å². The van der Waals surface area contributed by atoms with Gasteiger partial charge in [0.1, 0.15) is 0 Å². The van der Waals surface area contributed by atoms with Crippen LogP contribution < -0.4 is 0 Å². The summed E-state index contributed by atoms with van der Waals surface area (Å²) in [5, 5.41) is 17.6. The quantitative estimate of drug-likeness (QED) is 0.674. The van der Waals surface area contributed by atoms with Crippen molar-refractivity contribution in [1.82, 2.24) is 0 Å². The summed E-state index contributed by atoms with van der Waals surface area (Å²) in [6.45, 7) is 0.106. The van der Waals surface area contributed by atoms with Crippen LogP contribution in [0.1, 0.15) is 38.5 Å². The standard InChI is InChI=1S/C9H16O3/c10-7-3-6-9(8(11)12)4-1-2-5-9/h10H,1-7H2,(H,11,12). The first kappa shape index (κ1) is 9.52. The van der Waals surface area contributed by atoms with Crippen LogP contribution in [0.25, 0.3) is 0 Å². The molecule has 1 saturated carbocycles. The maximum atomic E-state index is 10.9. The minimum Gasteiger partial charge on any atom is -0.481 e. The topological polar surface area (TPSA) is 57.5 Å². The van der Waals surface area contributed by atoms with Crippen molar-refractivity contribution in [3.8, 4) is 0 Å². The molecule has 0 aromatic heterocycles. The van der Waals surface area contributed by atoms with Crippen LogP contribution in [0.4, 0.5) is 0 Å². The molecule has 0 radical (unpaired) electrons. The van der Waals surface area contributed by atoms with Crippen molar-refractivity contribution in [2.45, 2.75) is 38.5 Å². The van der Waals surface area contributed by atoms with Gasteiger partial charge in [-0.3, -0.25) is 4.79 Å². The summed E-state index contributed by atoms with van der Waals surface area (Å²) in [6.07, 6.45) is 4.89. The predicted octanol–water partition coefficient (Wildman–Crippen LogP) is 1.40. The second-order valence-electron chi connectivity index (χ2n) is 3.62. The number of hydrogen-bond donors (Lipinski definition) is 2. The van der Waals surface area contributed by atoms with Gasteiger partial charge in [0.05, 0.1) is 5.41 Å². The Bertz CT molecular complexity index is 159. The fraction of sp³-hybridized carbons (Fsp3) is 0.889. The third-order valence-electron chi connectivity index (χ3n) is 2.83. The lowest BCUT2D eigenvalue weighted by Gasteiger charge is -2.22. The highest BCUT2D eigenvalue weighted by Crippen LogP contribution is 2.41. The summed E-state index contributed by atoms with van der Waals surface area (Å²) in [5.74, 6) is -0.673. The van der Waals surface area contributed by atoms with Crippen LogP contribution in [0.2, 0.25) is 0 Å². The van der Waals surface area contributed by atoms with Crippen LogP contribution in [-0.2, 0) is 4.79 Å². The summed E-state index contributed by atoms with van der Waals surface area (Å²) < 4.78 is 0. The van der Waals surface area contributed by atoms with Gasteiger partial charge in [-0.1, -0.05) is 12.8 Å². The van der Waals surface area contributed by atoms with Crippen LogP contribution in [0.5, 0.6) is 0 Å². The van der Waals surface area contributed by atoms with Gasteiger partial charge in [0, 0.05) is 6.61 Å². The van der Waals surface area contributed by atoms with E-state index in [1.807, 2.05) is 0 Å². The van der Waals surface area contributed by atoms with Gasteiger partial charge in [-0.25, -0.2) is 0 Å². The normalized spacial score (nSPS) is 21.1. The molecule has 3 heteroatoms. The molecule has 0 amide bonds. The first-order valence-electron chi connectivity index (χ1n) is 4.55. The van der Waals surface area contributed by atoms with E-state index in [-0.39, 0.29) is 6.61 Å². The average Bonchev–Trinajstić information content (AvgIpc) is 2.50. The molecule has 0 unspecified atom stereocenters. The molecule has 0 aromatic carbocycles. The Morgan fingerprint density at radius 1 is 1.33 bits per heavy atom. The Labute approximate surface area is 72.4 Å². The van der Waals surface area contributed by atoms with E-state index in [1.165, 1.54) is 0 Å². The molecule has 2 N–H and O–H groups in total. The zero-order valence-corrected chi connectivity index (χ0v) is 7.25. The van der Waals surface area contributed by atoms with E-state index >= 15 is 0 Å². The van der Waals surface area contributed by atoms with Crippen molar-refractivity contribution in [3.05, 3.63) is 0 Å². The molecule has 12 heavy (non-hydrogen) atoms. The number of carbonyl (C=O) groups is 1. The van der Waals surface area contributed by atoms with Gasteiger partial charge in [-0.2, -0.15) is 0 Å². The molecule has 0 aliphatic heterocycles. The van der Waals surface area contributed by atoms with Crippen molar-refractivity contribution in [3.63, 3.8) is 0 Å². The van der Waals surface area contributed by atoms with E-state index in [2.05, 4.69) is 0 Å². The van der Waals surface area contributed by atoms with Crippen LogP contribution in [0.15, 0.2) is 0 Å². The van der Waals surface area contributed by atoms with Gasteiger partial charge in [0.25, 0.3) is 0 Å². The molecule has 3 nitrogen and oxygen atoms in total. The number of aliphatic carboxylic acids is 1. The zero-order chi connectivity index (χ0) is 9.03. The first-order chi connectivity index (χ1) is 5.71. The highest BCUT2D eigenvalue weighted by atomic mass is 16.4. The van der Waals surface area contributed by atoms with E-state index in [4.69, 9.17) is 10.2 Å². The third-order valence-corrected chi connectivity index (χ3v) is 2.83. The van der Waals surface area contributed by atoms with E-state index in [9.17, 15) is 4.79 Å². The third kappa shape index (κ3) is 1.78. The molecule has 1 aliphatic rings. The second kappa shape index (κ2) is 3.90. The van der Waals surface area contributed by atoms with Crippen molar-refractivity contribution in [2.75, 3.05) is 6.61 Å². The molecule has 0 spiro atoms. The smallest absolute Gasteiger partial charge is 0.309 e. The summed E-state index contributed by atoms with van der Waals surface area (Å²) in [7, 11) is 0. The minimum absolute atomic E-state index is 0.106. The molecule has 1 fully saturated rings. The Morgan fingerprint density at radius 2 is 1.92 bits per heavy atom. The van der Waals surface area contributed by atoms with Crippen molar-refractivity contribution in [2.24, 2.45) is 5.41 Å². The van der Waals surface area contributed by atoms with E-state index in [0.29, 0.717) is 12.8 Å². The monoisotopic (exact) mass is 172 g/mol. The summed E-state index contributed by atoms with van der Waals surface area (Å²) in [6, 6.07) is 0. The molecule has 1 aliphatic carbocycles. The van der Waals surface area contributed by atoms with Gasteiger partial charge >= 0.3 is 5.97 Å². The average molecular weight is 172 g/mol. The van der Waals surface area contributed by atoms with E-state index in [0.717, 1.165) is 25.7 Å². The molecule has 0 saturated heterocycles. The molecule has 1 rings (SSSR count). The molecule has 0 aromatic rings. The Hall–Kier alpha value is -0.570. The van der Waals surface area contributed by atoms with E-state index in [1.54, 1.807) is 0 Å². The van der Waals surface area contributed by atoms with Gasteiger partial charge in [0.15, 0.2) is 0 Å². The van der Waals surface area contributed by atoms with Crippen molar-refractivity contribution < 1.29 is 15.0 Å². The number of aliphatic hydroxyl groups excluding tert-OH is 1. The van der Waals surface area contributed by atoms with Crippen LogP contribution >= 0.6 is 0 Å². The Morgan fingerprint density at radius 3 is 2.33 bits per heavy atom. The van der Waals surface area contributed by atoms with Crippen LogP contribution in [0.3, 0.4) is 0 Å². The fourth-order valence-electron chi connectivity index (χ4n) is 2.04. The molecule has 70 valence electrons. The number of hydrogen-bond acceptors (Lipinski definition) is 2. The molecular formula is C9H16O3. The summed E-state index contributed by atoms with van der Waals surface area (Å²) in [5.41, 5.74) is -0.497. The maximum Gasteiger partial charge on any atom is 0.309 e. The number of rotatable bonds is 4. The van der Waals surface area contributed by atoms with Gasteiger partial charge in [0.2, 0.25) is 0 Å². The highest BCUT2D eigenvalue weighted by molar-refractivity contribution is 5.74. The number of carboxylic acids is 1. The predicted molar refractivity (Wildman–Crippen MR) is 44.9 cm³/mol. The molecule has 0 heterocycles. The van der Waals surface area contributed by atoms with Gasteiger partial charge < -0.3 is 10.2 Å². The lowest BCUT2D eigenvalue weighted by molar-refractivity contribution is -0.149. The second-order valence-corrected chi connectivity index (χ2v) is 3.62. The molecule has 0 bridgehead atoms. The largest absolute Gasteiger partial charge is 0.481 e. The lowest BCUT2D eigenvalue weighted by Crippen LogP contribution is -2.27. The minimum atomic E-state index is -0.673. The number of carboxylic acid groups (broad SMARTS) is 1. The van der Waals surface area contributed by atoms with Crippen LogP contribution in [-0.4, -0.2) is 22.8 Å². The van der Waals surface area contributed by atoms with Gasteiger partial charge in [-0.05, 0) is 25.7 Å². The fourth-order valence-corrected chi connectivity index (χ4v) is 2.04. The molecular weight excluding hydrogens is 156 g/mol. The Kier molecular flexibility index (Phi) is 3.09. The van der Waals surface area contributed by atoms with E-state index < -0.39 is 11.4 Å². The first-order valence-corrected chi connectivity index (χ1v) is 4.55. The molecule has 0 atom stereocenters. The van der Waals surface area contributed by atoms with Crippen molar-refractivity contribution >= 4 is 5.97 Å². The number of aliphatic hydroxyl groups is 1. The summed E-state index contributed by atoms with van der Waals surface area (Å²) in [4.78, 5) is 10.9. The summed E-state index contributed by atoms with van der Waals surface area (Å²) >= 11 is 0.